The summed E-state index contributed by atoms with van der Waals surface area (Å²) in [4.78, 5) is 32.1. The Labute approximate surface area is 237 Å². The SMILES string of the molecule is Cc1cc(N2C[C@H]3C[C@H]3C2=O)ncc1C(C)n1cc(C(=O)N[C@H]2C[C@@H](c3cc(Cl)ccc3C#N)C2)c(C(C)O)n1. The number of anilines is 1. The molecule has 2 saturated carbocycles. The van der Waals surface area contributed by atoms with Gasteiger partial charge in [0, 0.05) is 35.9 Å². The number of aromatic nitrogens is 3. The third kappa shape index (κ3) is 4.65. The summed E-state index contributed by atoms with van der Waals surface area (Å²) in [6.07, 6.45) is 4.92. The third-order valence-electron chi connectivity index (χ3n) is 8.63. The number of carbonyl (C=O) groups is 2. The van der Waals surface area contributed by atoms with Crippen molar-refractivity contribution >= 4 is 29.2 Å². The summed E-state index contributed by atoms with van der Waals surface area (Å²) in [7, 11) is 0. The number of benzene rings is 1. The summed E-state index contributed by atoms with van der Waals surface area (Å²) < 4.78 is 1.69. The van der Waals surface area contributed by atoms with Gasteiger partial charge >= 0.3 is 0 Å². The predicted octanol–water partition coefficient (Wildman–Crippen LogP) is 4.43. The van der Waals surface area contributed by atoms with Gasteiger partial charge in [-0.05, 0) is 92.8 Å². The number of nitrogens with zero attached hydrogens (tertiary/aromatic N) is 5. The van der Waals surface area contributed by atoms with Crippen molar-refractivity contribution in [3.8, 4) is 6.07 Å². The number of aryl methyl sites for hydroxylation is 1. The van der Waals surface area contributed by atoms with Gasteiger partial charge in [0.15, 0.2) is 0 Å². The maximum Gasteiger partial charge on any atom is 0.255 e. The zero-order chi connectivity index (χ0) is 28.3. The van der Waals surface area contributed by atoms with Gasteiger partial charge in [-0.15, -0.1) is 0 Å². The maximum absolute atomic E-state index is 13.3. The molecule has 1 aliphatic heterocycles. The van der Waals surface area contributed by atoms with E-state index >= 15 is 0 Å². The van der Waals surface area contributed by atoms with Crippen molar-refractivity contribution in [2.24, 2.45) is 11.8 Å². The number of nitriles is 1. The van der Waals surface area contributed by atoms with Crippen molar-refractivity contribution in [3.63, 3.8) is 0 Å². The van der Waals surface area contributed by atoms with Crippen LogP contribution < -0.4 is 10.2 Å². The van der Waals surface area contributed by atoms with Crippen LogP contribution in [0, 0.1) is 30.1 Å². The minimum atomic E-state index is -0.929. The standard InChI is InChI=1S/C30H31ClN6O3/c1-15-6-27(36-13-20-9-24(20)30(36)40)33-12-25(15)16(2)37-14-26(28(35-37)17(3)38)29(39)34-22-7-19(8-22)23-10-21(31)5-4-18(23)11-32/h4-6,10,12,14,16-17,19-20,22,24,38H,7-9,13H2,1-3H3,(H,34,39)/t16?,17?,19-,20-,22+,24-/m1/s1. The van der Waals surface area contributed by atoms with Crippen LogP contribution in [0.1, 0.15) is 89.5 Å². The average Bonchev–Trinajstić information content (AvgIpc) is 3.40. The minimum absolute atomic E-state index is 0.0519. The molecule has 4 atom stereocenters. The van der Waals surface area contributed by atoms with Crippen molar-refractivity contribution < 1.29 is 14.7 Å². The molecule has 1 saturated heterocycles. The Hall–Kier alpha value is -3.74. The zero-order valence-electron chi connectivity index (χ0n) is 22.6. The third-order valence-corrected chi connectivity index (χ3v) is 8.87. The van der Waals surface area contributed by atoms with E-state index in [1.165, 1.54) is 0 Å². The summed E-state index contributed by atoms with van der Waals surface area (Å²) in [5.41, 5.74) is 4.05. The van der Waals surface area contributed by atoms with Crippen molar-refractivity contribution in [2.75, 3.05) is 11.4 Å². The Morgan fingerprint density at radius 3 is 2.67 bits per heavy atom. The fourth-order valence-electron chi connectivity index (χ4n) is 6.08. The second kappa shape index (κ2) is 10.0. The molecule has 40 heavy (non-hydrogen) atoms. The Kier molecular flexibility index (Phi) is 6.64. The smallest absolute Gasteiger partial charge is 0.255 e. The summed E-state index contributed by atoms with van der Waals surface area (Å²) in [6.45, 7) is 6.28. The quantitative estimate of drug-likeness (QED) is 0.442. The molecule has 0 bridgehead atoms. The molecule has 206 valence electrons. The van der Waals surface area contributed by atoms with E-state index < -0.39 is 6.10 Å². The first-order valence-corrected chi connectivity index (χ1v) is 14.1. The van der Waals surface area contributed by atoms with Gasteiger partial charge in [0.05, 0.1) is 29.3 Å². The number of piperidine rings is 1. The molecule has 0 radical (unpaired) electrons. The number of hydrogen-bond acceptors (Lipinski definition) is 6. The Morgan fingerprint density at radius 2 is 2.02 bits per heavy atom. The fraction of sp³-hybridized carbons (Fsp3) is 0.433. The summed E-state index contributed by atoms with van der Waals surface area (Å²) in [5, 5.41) is 28.1. The number of rotatable bonds is 7. The van der Waals surface area contributed by atoms with Gasteiger partial charge in [-0.1, -0.05) is 11.6 Å². The first-order valence-electron chi connectivity index (χ1n) is 13.7. The number of nitrogens with one attached hydrogen (secondary N) is 1. The zero-order valence-corrected chi connectivity index (χ0v) is 23.4. The van der Waals surface area contributed by atoms with E-state index in [2.05, 4.69) is 21.5 Å². The number of aliphatic hydroxyl groups excluding tert-OH is 1. The molecule has 6 rings (SSSR count). The second-order valence-corrected chi connectivity index (χ2v) is 11.8. The number of aliphatic hydroxyl groups is 1. The normalized spacial score (nSPS) is 24.6. The molecule has 2 aromatic heterocycles. The molecule has 9 nitrogen and oxygen atoms in total. The summed E-state index contributed by atoms with van der Waals surface area (Å²) in [6, 6.07) is 9.12. The molecule has 2 aliphatic carbocycles. The lowest BCUT2D eigenvalue weighted by molar-refractivity contribution is -0.118. The van der Waals surface area contributed by atoms with Crippen LogP contribution in [-0.4, -0.2) is 44.3 Å². The van der Waals surface area contributed by atoms with E-state index in [0.717, 1.165) is 29.7 Å². The molecule has 2 N–H and O–H groups in total. The van der Waals surface area contributed by atoms with Crippen molar-refractivity contribution in [2.45, 2.75) is 64.1 Å². The molecular formula is C30H31ClN6O3. The summed E-state index contributed by atoms with van der Waals surface area (Å²) in [5.74, 6) is 1.34. The number of pyridine rings is 1. The molecule has 2 unspecified atom stereocenters. The van der Waals surface area contributed by atoms with Gasteiger partial charge in [-0.3, -0.25) is 19.2 Å². The van der Waals surface area contributed by atoms with Crippen LogP contribution in [-0.2, 0) is 4.79 Å². The van der Waals surface area contributed by atoms with Crippen LogP contribution >= 0.6 is 11.6 Å². The first-order chi connectivity index (χ1) is 19.1. The molecule has 3 aromatic rings. The molecule has 2 amide bonds. The first kappa shape index (κ1) is 26.5. The topological polar surface area (TPSA) is 124 Å². The predicted molar refractivity (Wildman–Crippen MR) is 149 cm³/mol. The number of hydrogen-bond donors (Lipinski definition) is 2. The van der Waals surface area contributed by atoms with Crippen LogP contribution in [0.2, 0.25) is 5.02 Å². The van der Waals surface area contributed by atoms with Crippen LogP contribution in [0.3, 0.4) is 0 Å². The minimum Gasteiger partial charge on any atom is -0.387 e. The van der Waals surface area contributed by atoms with Gasteiger partial charge in [0.1, 0.15) is 11.5 Å². The van der Waals surface area contributed by atoms with Crippen LogP contribution in [0.25, 0.3) is 0 Å². The van der Waals surface area contributed by atoms with E-state index in [0.29, 0.717) is 46.4 Å². The highest BCUT2D eigenvalue weighted by atomic mass is 35.5. The summed E-state index contributed by atoms with van der Waals surface area (Å²) >= 11 is 6.15. The van der Waals surface area contributed by atoms with Crippen LogP contribution in [0.4, 0.5) is 5.82 Å². The van der Waals surface area contributed by atoms with E-state index in [1.807, 2.05) is 26.0 Å². The van der Waals surface area contributed by atoms with E-state index in [-0.39, 0.29) is 35.7 Å². The van der Waals surface area contributed by atoms with E-state index in [1.54, 1.807) is 41.0 Å². The van der Waals surface area contributed by atoms with Crippen LogP contribution in [0.5, 0.6) is 0 Å². The largest absolute Gasteiger partial charge is 0.387 e. The molecule has 3 fully saturated rings. The molecule has 3 heterocycles. The molecular weight excluding hydrogens is 528 g/mol. The molecule has 3 aliphatic rings. The van der Waals surface area contributed by atoms with Crippen molar-refractivity contribution in [1.82, 2.24) is 20.1 Å². The number of fused-ring (bicyclic) bond motifs is 1. The van der Waals surface area contributed by atoms with Gasteiger partial charge in [-0.2, -0.15) is 10.4 Å². The lowest BCUT2D eigenvalue weighted by Gasteiger charge is -2.36. The van der Waals surface area contributed by atoms with Crippen molar-refractivity contribution in [3.05, 3.63) is 75.2 Å². The Morgan fingerprint density at radius 1 is 1.25 bits per heavy atom. The highest BCUT2D eigenvalue weighted by Crippen LogP contribution is 2.47. The Bertz CT molecular complexity index is 1550. The van der Waals surface area contributed by atoms with Crippen LogP contribution in [0.15, 0.2) is 36.7 Å². The molecule has 10 heteroatoms. The van der Waals surface area contributed by atoms with E-state index in [9.17, 15) is 20.0 Å². The second-order valence-electron chi connectivity index (χ2n) is 11.4. The number of halogens is 1. The van der Waals surface area contributed by atoms with E-state index in [4.69, 9.17) is 11.6 Å². The highest BCUT2D eigenvalue weighted by molar-refractivity contribution is 6.30. The lowest BCUT2D eigenvalue weighted by Crippen LogP contribution is -2.43. The molecule has 0 spiro atoms. The average molecular weight is 559 g/mol. The highest BCUT2D eigenvalue weighted by Gasteiger charge is 2.52. The monoisotopic (exact) mass is 558 g/mol. The van der Waals surface area contributed by atoms with Gasteiger partial charge in [0.25, 0.3) is 5.91 Å². The van der Waals surface area contributed by atoms with Gasteiger partial charge in [0.2, 0.25) is 5.91 Å². The lowest BCUT2D eigenvalue weighted by atomic mass is 9.74. The number of carbonyl (C=O) groups excluding carboxylic acids is 2. The van der Waals surface area contributed by atoms with Gasteiger partial charge in [-0.25, -0.2) is 4.98 Å². The van der Waals surface area contributed by atoms with Gasteiger partial charge < -0.3 is 10.4 Å². The maximum atomic E-state index is 13.3. The van der Waals surface area contributed by atoms with Crippen molar-refractivity contribution in [1.29, 1.82) is 5.26 Å². The fourth-order valence-corrected chi connectivity index (χ4v) is 6.26. The number of amides is 2. The molecule has 1 aromatic carbocycles. The Balaban J connectivity index is 1.16.